The molecule has 0 saturated heterocycles. The molecule has 0 amide bonds. The molecule has 82 valence electrons. The monoisotopic (exact) mass is 231 g/mol. The van der Waals surface area contributed by atoms with Crippen LogP contribution in [0.4, 0.5) is 5.13 Å². The summed E-state index contributed by atoms with van der Waals surface area (Å²) in [5, 5.41) is 9.72. The molecule has 3 nitrogen and oxygen atoms in total. The Hall–Kier alpha value is -1.42. The zero-order valence-electron chi connectivity index (χ0n) is 8.89. The van der Waals surface area contributed by atoms with Gasteiger partial charge >= 0.3 is 0 Å². The average molecular weight is 231 g/mol. The van der Waals surface area contributed by atoms with Gasteiger partial charge in [-0.05, 0) is 30.4 Å². The first-order valence-corrected chi connectivity index (χ1v) is 6.33. The van der Waals surface area contributed by atoms with E-state index in [2.05, 4.69) is 34.5 Å². The number of rotatable bonds is 1. The van der Waals surface area contributed by atoms with E-state index in [1.807, 2.05) is 0 Å². The van der Waals surface area contributed by atoms with Gasteiger partial charge in [0.25, 0.3) is 0 Å². The lowest BCUT2D eigenvalue weighted by atomic mass is 9.83. The molecule has 2 N–H and O–H groups in total. The molecular weight excluding hydrogens is 218 g/mol. The highest BCUT2D eigenvalue weighted by Crippen LogP contribution is 2.37. The number of nitrogen functional groups attached to an aromatic ring is 1. The molecule has 3 rings (SSSR count). The Morgan fingerprint density at radius 2 is 2.12 bits per heavy atom. The number of aryl methyl sites for hydroxylation is 1. The van der Waals surface area contributed by atoms with E-state index in [-0.39, 0.29) is 0 Å². The maximum Gasteiger partial charge on any atom is 0.203 e. The number of hydrogen-bond acceptors (Lipinski definition) is 4. The van der Waals surface area contributed by atoms with Gasteiger partial charge in [-0.3, -0.25) is 0 Å². The maximum absolute atomic E-state index is 5.65. The summed E-state index contributed by atoms with van der Waals surface area (Å²) in [5.74, 6) is 0.403. The summed E-state index contributed by atoms with van der Waals surface area (Å²) in [7, 11) is 0. The van der Waals surface area contributed by atoms with Crippen LogP contribution in [0.1, 0.15) is 34.9 Å². The van der Waals surface area contributed by atoms with Crippen LogP contribution in [-0.4, -0.2) is 10.2 Å². The topological polar surface area (TPSA) is 51.8 Å². The lowest BCUT2D eigenvalue weighted by molar-refractivity contribution is 0.609. The van der Waals surface area contributed by atoms with Gasteiger partial charge < -0.3 is 5.73 Å². The van der Waals surface area contributed by atoms with Crippen molar-refractivity contribution in [2.75, 3.05) is 5.73 Å². The number of hydrogen-bond donors (Lipinski definition) is 1. The minimum Gasteiger partial charge on any atom is -0.374 e. The maximum atomic E-state index is 5.65. The standard InChI is InChI=1S/C12H13N3S/c13-12-15-14-11(16-12)10-7-3-5-8-4-1-2-6-9(8)10/h1-2,4,6,10H,3,5,7H2,(H2,13,15)/t10-/m1/s1. The SMILES string of the molecule is Nc1nnc([C@@H]2CCCc3ccccc32)s1. The first-order chi connectivity index (χ1) is 7.84. The molecule has 0 spiro atoms. The normalized spacial score (nSPS) is 19.4. The van der Waals surface area contributed by atoms with Crippen molar-refractivity contribution in [2.45, 2.75) is 25.2 Å². The molecule has 4 heteroatoms. The predicted molar refractivity (Wildman–Crippen MR) is 65.5 cm³/mol. The summed E-state index contributed by atoms with van der Waals surface area (Å²) >= 11 is 1.51. The molecule has 0 saturated carbocycles. The van der Waals surface area contributed by atoms with Gasteiger partial charge in [0.2, 0.25) is 5.13 Å². The number of fused-ring (bicyclic) bond motifs is 1. The Morgan fingerprint density at radius 1 is 1.25 bits per heavy atom. The Bertz CT molecular complexity index is 506. The first-order valence-electron chi connectivity index (χ1n) is 5.51. The number of nitrogens with zero attached hydrogens (tertiary/aromatic N) is 2. The van der Waals surface area contributed by atoms with Gasteiger partial charge in [0, 0.05) is 5.92 Å². The molecule has 1 aliphatic rings. The molecule has 0 fully saturated rings. The van der Waals surface area contributed by atoms with E-state index in [0.29, 0.717) is 11.0 Å². The lowest BCUT2D eigenvalue weighted by Gasteiger charge is -2.23. The molecule has 0 unspecified atom stereocenters. The second-order valence-corrected chi connectivity index (χ2v) is 5.16. The summed E-state index contributed by atoms with van der Waals surface area (Å²) < 4.78 is 0. The van der Waals surface area contributed by atoms with Crippen molar-refractivity contribution in [3.8, 4) is 0 Å². The third-order valence-corrected chi connectivity index (χ3v) is 3.99. The molecular formula is C12H13N3S. The summed E-state index contributed by atoms with van der Waals surface area (Å²) in [5.41, 5.74) is 8.51. The van der Waals surface area contributed by atoms with Crippen LogP contribution >= 0.6 is 11.3 Å². The van der Waals surface area contributed by atoms with Gasteiger partial charge in [-0.2, -0.15) is 0 Å². The third-order valence-electron chi connectivity index (χ3n) is 3.12. The van der Waals surface area contributed by atoms with E-state index in [1.165, 1.54) is 35.3 Å². The number of benzene rings is 1. The van der Waals surface area contributed by atoms with Crippen molar-refractivity contribution in [3.63, 3.8) is 0 Å². The van der Waals surface area contributed by atoms with Gasteiger partial charge in [0.1, 0.15) is 5.01 Å². The fourth-order valence-corrected chi connectivity index (χ4v) is 3.16. The lowest BCUT2D eigenvalue weighted by Crippen LogP contribution is -2.10. The van der Waals surface area contributed by atoms with Crippen LogP contribution in [0.5, 0.6) is 0 Å². The summed E-state index contributed by atoms with van der Waals surface area (Å²) in [6.45, 7) is 0. The van der Waals surface area contributed by atoms with E-state index in [4.69, 9.17) is 5.73 Å². The van der Waals surface area contributed by atoms with Crippen molar-refractivity contribution >= 4 is 16.5 Å². The van der Waals surface area contributed by atoms with Crippen LogP contribution in [0.3, 0.4) is 0 Å². The molecule has 1 aliphatic carbocycles. The van der Waals surface area contributed by atoms with E-state index in [1.54, 1.807) is 0 Å². The van der Waals surface area contributed by atoms with Gasteiger partial charge in [-0.1, -0.05) is 35.6 Å². The molecule has 2 aromatic rings. The summed E-state index contributed by atoms with van der Waals surface area (Å²) in [4.78, 5) is 0. The molecule has 1 heterocycles. The first kappa shape index (κ1) is 9.78. The summed E-state index contributed by atoms with van der Waals surface area (Å²) in [6, 6.07) is 8.62. The van der Waals surface area contributed by atoms with E-state index in [9.17, 15) is 0 Å². The molecule has 1 atom stereocenters. The quantitative estimate of drug-likeness (QED) is 0.820. The van der Waals surface area contributed by atoms with Crippen LogP contribution in [0, 0.1) is 0 Å². The molecule has 16 heavy (non-hydrogen) atoms. The van der Waals surface area contributed by atoms with Gasteiger partial charge in [0.05, 0.1) is 0 Å². The van der Waals surface area contributed by atoms with Crippen LogP contribution < -0.4 is 5.73 Å². The van der Waals surface area contributed by atoms with Crippen LogP contribution in [0.15, 0.2) is 24.3 Å². The van der Waals surface area contributed by atoms with Gasteiger partial charge in [-0.15, -0.1) is 10.2 Å². The van der Waals surface area contributed by atoms with E-state index < -0.39 is 0 Å². The number of aromatic nitrogens is 2. The van der Waals surface area contributed by atoms with Crippen LogP contribution in [0.2, 0.25) is 0 Å². The van der Waals surface area contributed by atoms with Crippen molar-refractivity contribution < 1.29 is 0 Å². The van der Waals surface area contributed by atoms with E-state index in [0.717, 1.165) is 11.4 Å². The zero-order chi connectivity index (χ0) is 11.0. The fourth-order valence-electron chi connectivity index (χ4n) is 2.40. The van der Waals surface area contributed by atoms with Crippen molar-refractivity contribution in [1.82, 2.24) is 10.2 Å². The van der Waals surface area contributed by atoms with Gasteiger partial charge in [-0.25, -0.2) is 0 Å². The molecule has 0 bridgehead atoms. The number of nitrogens with two attached hydrogens (primary N) is 1. The molecule has 1 aromatic heterocycles. The van der Waals surface area contributed by atoms with E-state index >= 15 is 0 Å². The van der Waals surface area contributed by atoms with Crippen molar-refractivity contribution in [3.05, 3.63) is 40.4 Å². The third kappa shape index (κ3) is 1.59. The minimum atomic E-state index is 0.403. The Morgan fingerprint density at radius 3 is 2.94 bits per heavy atom. The molecule has 1 aromatic carbocycles. The van der Waals surface area contributed by atoms with Crippen LogP contribution in [0.25, 0.3) is 0 Å². The zero-order valence-corrected chi connectivity index (χ0v) is 9.70. The smallest absolute Gasteiger partial charge is 0.203 e. The highest BCUT2D eigenvalue weighted by atomic mass is 32.1. The largest absolute Gasteiger partial charge is 0.374 e. The summed E-state index contributed by atoms with van der Waals surface area (Å²) in [6.07, 6.45) is 3.56. The molecule has 0 radical (unpaired) electrons. The number of anilines is 1. The highest BCUT2D eigenvalue weighted by molar-refractivity contribution is 7.15. The Balaban J connectivity index is 2.04. The predicted octanol–water partition coefficient (Wildman–Crippen LogP) is 2.59. The minimum absolute atomic E-state index is 0.403. The average Bonchev–Trinajstić information content (AvgIpc) is 2.75. The highest BCUT2D eigenvalue weighted by Gasteiger charge is 2.24. The van der Waals surface area contributed by atoms with Crippen molar-refractivity contribution in [1.29, 1.82) is 0 Å². The van der Waals surface area contributed by atoms with Crippen molar-refractivity contribution in [2.24, 2.45) is 0 Å². The van der Waals surface area contributed by atoms with Gasteiger partial charge in [0.15, 0.2) is 0 Å². The Kier molecular flexibility index (Phi) is 2.36. The second kappa shape index (κ2) is 3.87. The van der Waals surface area contributed by atoms with Crippen LogP contribution in [-0.2, 0) is 6.42 Å². The fraction of sp³-hybridized carbons (Fsp3) is 0.333. The molecule has 0 aliphatic heterocycles. The Labute approximate surface area is 98.3 Å². The second-order valence-electron chi connectivity index (χ2n) is 4.12.